The molecule has 2 aromatic carbocycles. The van der Waals surface area contributed by atoms with Crippen LogP contribution >= 0.6 is 0 Å². The molecule has 0 saturated heterocycles. The number of nitrogens with zero attached hydrogens (tertiary/aromatic N) is 1. The van der Waals surface area contributed by atoms with Gasteiger partial charge in [-0.1, -0.05) is 0 Å². The highest BCUT2D eigenvalue weighted by molar-refractivity contribution is 5.55. The van der Waals surface area contributed by atoms with Crippen molar-refractivity contribution in [3.8, 4) is 29.1 Å². The average molecular weight is 270 g/mol. The minimum Gasteiger partial charge on any atom is -0.496 e. The molecule has 0 aliphatic heterocycles. The molecule has 0 heterocycles. The number of nitrogens with two attached hydrogens (primary N) is 1. The Morgan fingerprint density at radius 2 is 1.55 bits per heavy atom. The average Bonchev–Trinajstić information content (AvgIpc) is 2.48. The summed E-state index contributed by atoms with van der Waals surface area (Å²) in [6, 6.07) is 12.1. The molecule has 0 aromatic heterocycles. The summed E-state index contributed by atoms with van der Waals surface area (Å²) in [5.74, 6) is 2.15. The molecular weight excluding hydrogens is 256 g/mol. The van der Waals surface area contributed by atoms with Crippen LogP contribution in [-0.2, 0) is 0 Å². The Bertz CT molecular complexity index is 640. The number of nitrogen functional groups attached to an aromatic ring is 1. The second kappa shape index (κ2) is 5.85. The molecule has 0 saturated carbocycles. The van der Waals surface area contributed by atoms with Crippen molar-refractivity contribution in [2.75, 3.05) is 20.0 Å². The van der Waals surface area contributed by atoms with Gasteiger partial charge in [-0.15, -0.1) is 0 Å². The largest absolute Gasteiger partial charge is 0.496 e. The maximum Gasteiger partial charge on any atom is 0.145 e. The van der Waals surface area contributed by atoms with Gasteiger partial charge in [-0.25, -0.2) is 0 Å². The summed E-state index contributed by atoms with van der Waals surface area (Å²) in [6.45, 7) is 0. The fourth-order valence-corrected chi connectivity index (χ4v) is 1.69. The first kappa shape index (κ1) is 13.6. The Kier molecular flexibility index (Phi) is 3.96. The van der Waals surface area contributed by atoms with E-state index in [1.807, 2.05) is 6.07 Å². The fourth-order valence-electron chi connectivity index (χ4n) is 1.69. The van der Waals surface area contributed by atoms with E-state index < -0.39 is 0 Å². The highest BCUT2D eigenvalue weighted by Gasteiger charge is 2.08. The molecule has 2 rings (SSSR count). The predicted molar refractivity (Wildman–Crippen MR) is 75.2 cm³/mol. The number of hydrogen-bond acceptors (Lipinski definition) is 5. The molecule has 0 atom stereocenters. The first-order chi connectivity index (χ1) is 9.66. The molecule has 0 radical (unpaired) electrons. The van der Waals surface area contributed by atoms with Crippen molar-refractivity contribution in [2.45, 2.75) is 0 Å². The van der Waals surface area contributed by atoms with E-state index in [1.165, 1.54) is 0 Å². The van der Waals surface area contributed by atoms with Gasteiger partial charge in [-0.05, 0) is 18.2 Å². The number of nitriles is 1. The molecule has 0 aliphatic carbocycles. The molecule has 0 fully saturated rings. The number of ether oxygens (including phenoxy) is 3. The van der Waals surface area contributed by atoms with E-state index in [0.717, 1.165) is 0 Å². The van der Waals surface area contributed by atoms with Gasteiger partial charge < -0.3 is 19.9 Å². The summed E-state index contributed by atoms with van der Waals surface area (Å²) in [6.07, 6.45) is 0. The first-order valence-corrected chi connectivity index (χ1v) is 5.87. The first-order valence-electron chi connectivity index (χ1n) is 5.87. The number of hydrogen-bond donors (Lipinski definition) is 1. The van der Waals surface area contributed by atoms with Crippen LogP contribution < -0.4 is 19.9 Å². The monoisotopic (exact) mass is 270 g/mol. The normalized spacial score (nSPS) is 9.65. The Labute approximate surface area is 117 Å². The van der Waals surface area contributed by atoms with Crippen molar-refractivity contribution in [1.29, 1.82) is 5.26 Å². The lowest BCUT2D eigenvalue weighted by molar-refractivity contribution is 0.386. The molecule has 5 heteroatoms. The van der Waals surface area contributed by atoms with Gasteiger partial charge in [0, 0.05) is 23.9 Å². The Hall–Kier alpha value is -2.87. The van der Waals surface area contributed by atoms with E-state index >= 15 is 0 Å². The predicted octanol–water partition coefficient (Wildman–Crippen LogP) is 2.95. The minimum absolute atomic E-state index is 0.367. The molecule has 2 N–H and O–H groups in total. The highest BCUT2D eigenvalue weighted by Crippen LogP contribution is 2.32. The van der Waals surface area contributed by atoms with Gasteiger partial charge in [0.1, 0.15) is 29.1 Å². The second-order valence-corrected chi connectivity index (χ2v) is 4.02. The van der Waals surface area contributed by atoms with E-state index in [0.29, 0.717) is 34.2 Å². The molecule has 20 heavy (non-hydrogen) atoms. The second-order valence-electron chi connectivity index (χ2n) is 4.02. The van der Waals surface area contributed by atoms with Crippen LogP contribution in [0.5, 0.6) is 23.0 Å². The Morgan fingerprint density at radius 3 is 2.10 bits per heavy atom. The van der Waals surface area contributed by atoms with Crippen molar-refractivity contribution >= 4 is 5.69 Å². The van der Waals surface area contributed by atoms with Crippen LogP contribution in [0, 0.1) is 11.3 Å². The summed E-state index contributed by atoms with van der Waals surface area (Å²) >= 11 is 0. The van der Waals surface area contributed by atoms with Crippen LogP contribution in [0.25, 0.3) is 0 Å². The van der Waals surface area contributed by atoms with E-state index in [9.17, 15) is 0 Å². The molecule has 0 spiro atoms. The summed E-state index contributed by atoms with van der Waals surface area (Å²) in [7, 11) is 3.12. The summed E-state index contributed by atoms with van der Waals surface area (Å²) in [4.78, 5) is 0. The van der Waals surface area contributed by atoms with Crippen LogP contribution in [0.4, 0.5) is 5.69 Å². The van der Waals surface area contributed by atoms with Crippen LogP contribution in [0.3, 0.4) is 0 Å². The number of benzene rings is 2. The van der Waals surface area contributed by atoms with E-state index in [-0.39, 0.29) is 0 Å². The molecule has 0 unspecified atom stereocenters. The van der Waals surface area contributed by atoms with Crippen molar-refractivity contribution in [3.63, 3.8) is 0 Å². The molecule has 0 bridgehead atoms. The van der Waals surface area contributed by atoms with Crippen LogP contribution in [0.2, 0.25) is 0 Å². The number of methoxy groups -OCH3 is 2. The minimum atomic E-state index is 0.367. The fraction of sp³-hybridized carbons (Fsp3) is 0.133. The topological polar surface area (TPSA) is 77.5 Å². The standard InChI is InChI=1S/C15H14N2O3/c1-18-12-6-13(19-2)8-14(7-12)20-15-4-3-11(17)5-10(15)9-16/h3-8H,17H2,1-2H3. The van der Waals surface area contributed by atoms with Gasteiger partial charge in [0.15, 0.2) is 0 Å². The molecule has 2 aromatic rings. The lowest BCUT2D eigenvalue weighted by atomic mass is 10.2. The van der Waals surface area contributed by atoms with Crippen LogP contribution in [0.1, 0.15) is 5.56 Å². The maximum atomic E-state index is 9.09. The maximum absolute atomic E-state index is 9.09. The third kappa shape index (κ3) is 2.93. The smallest absolute Gasteiger partial charge is 0.145 e. The Morgan fingerprint density at radius 1 is 0.950 bits per heavy atom. The summed E-state index contributed by atoms with van der Waals surface area (Å²) in [5, 5.41) is 9.09. The zero-order chi connectivity index (χ0) is 14.5. The molecular formula is C15H14N2O3. The number of anilines is 1. The lowest BCUT2D eigenvalue weighted by Crippen LogP contribution is -1.93. The lowest BCUT2D eigenvalue weighted by Gasteiger charge is -2.11. The van der Waals surface area contributed by atoms with Crippen LogP contribution in [-0.4, -0.2) is 14.2 Å². The third-order valence-corrected chi connectivity index (χ3v) is 2.68. The SMILES string of the molecule is COc1cc(OC)cc(Oc2ccc(N)cc2C#N)c1. The van der Waals surface area contributed by atoms with Crippen LogP contribution in [0.15, 0.2) is 36.4 Å². The van der Waals surface area contributed by atoms with Crippen molar-refractivity contribution in [1.82, 2.24) is 0 Å². The summed E-state index contributed by atoms with van der Waals surface area (Å²) in [5.41, 5.74) is 6.52. The third-order valence-electron chi connectivity index (χ3n) is 2.68. The summed E-state index contributed by atoms with van der Waals surface area (Å²) < 4.78 is 16.0. The van der Waals surface area contributed by atoms with E-state index in [1.54, 1.807) is 50.6 Å². The number of rotatable bonds is 4. The van der Waals surface area contributed by atoms with Gasteiger partial charge in [-0.2, -0.15) is 5.26 Å². The van der Waals surface area contributed by atoms with E-state index in [4.69, 9.17) is 25.2 Å². The highest BCUT2D eigenvalue weighted by atomic mass is 16.5. The van der Waals surface area contributed by atoms with Gasteiger partial charge in [-0.3, -0.25) is 0 Å². The van der Waals surface area contributed by atoms with Gasteiger partial charge in [0.05, 0.1) is 19.8 Å². The van der Waals surface area contributed by atoms with Gasteiger partial charge >= 0.3 is 0 Å². The van der Waals surface area contributed by atoms with E-state index in [2.05, 4.69) is 0 Å². The van der Waals surface area contributed by atoms with Crippen molar-refractivity contribution in [3.05, 3.63) is 42.0 Å². The van der Waals surface area contributed by atoms with Gasteiger partial charge in [0.25, 0.3) is 0 Å². The molecule has 0 amide bonds. The quantitative estimate of drug-likeness (QED) is 0.864. The zero-order valence-corrected chi connectivity index (χ0v) is 11.2. The van der Waals surface area contributed by atoms with Crippen molar-refractivity contribution < 1.29 is 14.2 Å². The Balaban J connectivity index is 2.37. The molecule has 0 aliphatic rings. The van der Waals surface area contributed by atoms with Crippen molar-refractivity contribution in [2.24, 2.45) is 0 Å². The molecule has 5 nitrogen and oxygen atoms in total. The molecule has 102 valence electrons. The van der Waals surface area contributed by atoms with Gasteiger partial charge in [0.2, 0.25) is 0 Å². The zero-order valence-electron chi connectivity index (χ0n) is 11.2.